The number of para-hydroxylation sites is 1. The summed E-state index contributed by atoms with van der Waals surface area (Å²) in [5, 5.41) is 20.5. The Hall–Kier alpha value is -3.95. The number of hydrogen-bond donors (Lipinski definition) is 2. The van der Waals surface area contributed by atoms with E-state index in [9.17, 15) is 37.8 Å². The summed E-state index contributed by atoms with van der Waals surface area (Å²) in [5.74, 6) is -1.53. The Morgan fingerprint density at radius 1 is 1.19 bits per heavy atom. The van der Waals surface area contributed by atoms with Crippen LogP contribution in [-0.4, -0.2) is 55.3 Å². The van der Waals surface area contributed by atoms with Crippen LogP contribution in [0.1, 0.15) is 56.8 Å². The average molecular weight is 678 g/mol. The normalized spacial score (nSPS) is 23.7. The van der Waals surface area contributed by atoms with Crippen LogP contribution in [0.5, 0.6) is 5.75 Å². The quantitative estimate of drug-likeness (QED) is 0.242. The number of fused-ring (bicyclic) bond motifs is 2. The summed E-state index contributed by atoms with van der Waals surface area (Å²) >= 11 is 1.09. The molecular formula is C32H34F3N3O8S. The second-order valence-electron chi connectivity index (χ2n) is 12.9. The maximum Gasteiger partial charge on any atom is 0.417 e. The van der Waals surface area contributed by atoms with E-state index in [0.29, 0.717) is 26.3 Å². The Morgan fingerprint density at radius 3 is 2.43 bits per heavy atom. The molecule has 2 aliphatic rings. The number of carbonyl (C=O) groups is 1. The zero-order valence-corrected chi connectivity index (χ0v) is 26.9. The zero-order chi connectivity index (χ0) is 34.1. The van der Waals surface area contributed by atoms with Crippen LogP contribution in [0.2, 0.25) is 0 Å². The van der Waals surface area contributed by atoms with E-state index in [1.165, 1.54) is 38.0 Å². The lowest BCUT2D eigenvalue weighted by molar-refractivity contribution is -0.260. The Kier molecular flexibility index (Phi) is 8.16. The predicted octanol–water partition coefficient (Wildman–Crippen LogP) is 5.26. The first kappa shape index (κ1) is 33.0. The number of oxazole rings is 1. The molecule has 5 atom stereocenters. The maximum atomic E-state index is 14.3. The van der Waals surface area contributed by atoms with Crippen molar-refractivity contribution in [3.63, 3.8) is 0 Å². The van der Waals surface area contributed by atoms with Gasteiger partial charge in [0.2, 0.25) is 5.89 Å². The Bertz CT molecular complexity index is 1930. The second kappa shape index (κ2) is 11.6. The van der Waals surface area contributed by atoms with Gasteiger partial charge in [-0.3, -0.25) is 9.36 Å². The zero-order valence-electron chi connectivity index (χ0n) is 26.0. The first-order valence-electron chi connectivity index (χ1n) is 15.1. The minimum absolute atomic E-state index is 0.123. The highest BCUT2D eigenvalue weighted by Crippen LogP contribution is 2.55. The van der Waals surface area contributed by atoms with Crippen molar-refractivity contribution in [1.82, 2.24) is 14.1 Å². The number of carboxylic acids is 1. The monoisotopic (exact) mass is 677 g/mol. The number of thiophene rings is 1. The molecule has 3 heterocycles. The molecule has 2 saturated carbocycles. The van der Waals surface area contributed by atoms with Gasteiger partial charge in [-0.05, 0) is 69.9 Å². The molecular weight excluding hydrogens is 643 g/mol. The maximum absolute atomic E-state index is 14.3. The molecule has 0 saturated heterocycles. The SMILES string of the molecule is COc1ccccc1C(Cn1c(=O)n(C(C)(C)C(=O)O)c(=O)c2c(C)c(-c3ncco3)sc21)OC1C[C@@H]2CC(O)(C(F)(F)F)C[C@@H]2C1. The molecule has 2 aliphatic carbocycles. The topological polar surface area (TPSA) is 146 Å². The molecule has 47 heavy (non-hydrogen) atoms. The van der Waals surface area contributed by atoms with Crippen LogP contribution in [-0.2, 0) is 21.6 Å². The number of aliphatic carboxylic acids is 1. The molecule has 0 aliphatic heterocycles. The fourth-order valence-corrected chi connectivity index (χ4v) is 8.37. The second-order valence-corrected chi connectivity index (χ2v) is 13.9. The summed E-state index contributed by atoms with van der Waals surface area (Å²) in [4.78, 5) is 45.5. The van der Waals surface area contributed by atoms with Gasteiger partial charge >= 0.3 is 17.8 Å². The van der Waals surface area contributed by atoms with Gasteiger partial charge in [-0.15, -0.1) is 11.3 Å². The van der Waals surface area contributed by atoms with Gasteiger partial charge in [-0.1, -0.05) is 18.2 Å². The van der Waals surface area contributed by atoms with E-state index in [2.05, 4.69) is 4.98 Å². The number of carboxylic acid groups (broad SMARTS) is 1. The third-order valence-electron chi connectivity index (χ3n) is 9.64. The number of rotatable bonds is 9. The highest BCUT2D eigenvalue weighted by molar-refractivity contribution is 7.22. The number of aliphatic hydroxyl groups is 1. The van der Waals surface area contributed by atoms with Crippen LogP contribution in [0.3, 0.4) is 0 Å². The van der Waals surface area contributed by atoms with Crippen molar-refractivity contribution in [2.45, 2.75) is 82.5 Å². The largest absolute Gasteiger partial charge is 0.496 e. The van der Waals surface area contributed by atoms with Gasteiger partial charge in [0.15, 0.2) is 5.60 Å². The summed E-state index contributed by atoms with van der Waals surface area (Å²) < 4.78 is 60.5. The fourth-order valence-electron chi connectivity index (χ4n) is 7.13. The van der Waals surface area contributed by atoms with E-state index in [1.807, 2.05) is 0 Å². The van der Waals surface area contributed by atoms with E-state index in [-0.39, 0.29) is 35.5 Å². The van der Waals surface area contributed by atoms with E-state index in [0.717, 1.165) is 11.3 Å². The molecule has 4 aromatic rings. The summed E-state index contributed by atoms with van der Waals surface area (Å²) in [6.07, 6.45) is -3.58. The number of nitrogens with zero attached hydrogens (tertiary/aromatic N) is 3. The summed E-state index contributed by atoms with van der Waals surface area (Å²) in [7, 11) is 1.47. The molecule has 15 heteroatoms. The molecule has 0 spiro atoms. The van der Waals surface area contributed by atoms with Crippen molar-refractivity contribution in [2.24, 2.45) is 11.8 Å². The Balaban J connectivity index is 1.47. The van der Waals surface area contributed by atoms with Crippen molar-refractivity contribution in [3.8, 4) is 16.5 Å². The van der Waals surface area contributed by atoms with Crippen LogP contribution in [0.25, 0.3) is 21.0 Å². The van der Waals surface area contributed by atoms with Crippen molar-refractivity contribution in [1.29, 1.82) is 0 Å². The first-order chi connectivity index (χ1) is 22.1. The van der Waals surface area contributed by atoms with Crippen LogP contribution in [0.15, 0.2) is 50.7 Å². The first-order valence-corrected chi connectivity index (χ1v) is 15.9. The van der Waals surface area contributed by atoms with E-state index >= 15 is 0 Å². The van der Waals surface area contributed by atoms with Crippen LogP contribution < -0.4 is 16.0 Å². The van der Waals surface area contributed by atoms with E-state index in [1.54, 1.807) is 31.2 Å². The van der Waals surface area contributed by atoms with Gasteiger partial charge in [0, 0.05) is 5.56 Å². The molecule has 3 aromatic heterocycles. The summed E-state index contributed by atoms with van der Waals surface area (Å²) in [6.45, 7) is 4.01. The Morgan fingerprint density at radius 2 is 1.85 bits per heavy atom. The van der Waals surface area contributed by atoms with Crippen molar-refractivity contribution < 1.29 is 42.1 Å². The average Bonchev–Trinajstić information content (AvgIpc) is 3.78. The molecule has 0 amide bonds. The van der Waals surface area contributed by atoms with E-state index < -0.39 is 71.4 Å². The smallest absolute Gasteiger partial charge is 0.417 e. The lowest BCUT2D eigenvalue weighted by Gasteiger charge is -2.29. The lowest BCUT2D eigenvalue weighted by atomic mass is 9.97. The van der Waals surface area contributed by atoms with Crippen molar-refractivity contribution in [2.75, 3.05) is 7.11 Å². The number of alkyl halides is 3. The molecule has 6 rings (SSSR count). The molecule has 1 aromatic carbocycles. The van der Waals surface area contributed by atoms with Crippen molar-refractivity contribution in [3.05, 3.63) is 68.7 Å². The molecule has 252 valence electrons. The van der Waals surface area contributed by atoms with Crippen molar-refractivity contribution >= 4 is 27.5 Å². The van der Waals surface area contributed by atoms with Gasteiger partial charge < -0.3 is 24.1 Å². The molecule has 3 unspecified atom stereocenters. The van der Waals surface area contributed by atoms with Gasteiger partial charge in [0.1, 0.15) is 28.5 Å². The highest BCUT2D eigenvalue weighted by Gasteiger charge is 2.62. The lowest BCUT2D eigenvalue weighted by Crippen LogP contribution is -2.52. The fraction of sp³-hybridized carbons (Fsp3) is 0.500. The van der Waals surface area contributed by atoms with Crippen LogP contribution in [0, 0.1) is 18.8 Å². The van der Waals surface area contributed by atoms with Gasteiger partial charge in [0.25, 0.3) is 5.56 Å². The number of halogens is 3. The van der Waals surface area contributed by atoms with Gasteiger partial charge in [-0.25, -0.2) is 19.1 Å². The number of methoxy groups -OCH3 is 1. The standard InChI is InChI=1S/C32H34F3N3O8S/c1-16-23-26(39)38(30(2,3)28(40)41)29(42)37(27(23)47-24(16)25-36-9-10-45-25)15-22(20-7-5-6-8-21(20)44-4)46-19-11-17-13-31(43,32(33,34)35)14-18(17)12-19/h5-10,17-19,22,43H,11-15H2,1-4H3,(H,40,41)/t17-,18+,19?,22?,31?. The molecule has 2 fully saturated rings. The van der Waals surface area contributed by atoms with Gasteiger partial charge in [0.05, 0.1) is 36.2 Å². The minimum Gasteiger partial charge on any atom is -0.496 e. The molecule has 0 radical (unpaired) electrons. The third-order valence-corrected chi connectivity index (χ3v) is 10.9. The number of ether oxygens (including phenoxy) is 2. The number of aryl methyl sites for hydroxylation is 1. The van der Waals surface area contributed by atoms with Crippen LogP contribution >= 0.6 is 11.3 Å². The number of hydrogen-bond acceptors (Lipinski definition) is 9. The molecule has 0 bridgehead atoms. The Labute approximate surface area is 270 Å². The summed E-state index contributed by atoms with van der Waals surface area (Å²) in [5.41, 5.74) is -5.31. The number of aromatic nitrogens is 3. The van der Waals surface area contributed by atoms with E-state index in [4.69, 9.17) is 13.9 Å². The summed E-state index contributed by atoms with van der Waals surface area (Å²) in [6, 6.07) is 6.96. The molecule has 11 nitrogen and oxygen atoms in total. The van der Waals surface area contributed by atoms with Crippen LogP contribution in [0.4, 0.5) is 13.2 Å². The predicted molar refractivity (Wildman–Crippen MR) is 165 cm³/mol. The highest BCUT2D eigenvalue weighted by atomic mass is 32.1. The third kappa shape index (κ3) is 5.47. The minimum atomic E-state index is -4.73. The number of benzene rings is 1. The van der Waals surface area contributed by atoms with Gasteiger partial charge in [-0.2, -0.15) is 13.2 Å². The molecule has 2 N–H and O–H groups in total.